The van der Waals surface area contributed by atoms with E-state index in [9.17, 15) is 13.2 Å². The van der Waals surface area contributed by atoms with E-state index >= 15 is 0 Å². The van der Waals surface area contributed by atoms with Crippen LogP contribution in [0.15, 0.2) is 30.2 Å². The molecule has 1 unspecified atom stereocenters. The summed E-state index contributed by atoms with van der Waals surface area (Å²) in [5.74, 6) is -0.0851. The maximum atomic E-state index is 14.2. The number of rotatable bonds is 5. The molecule has 3 nitrogen and oxygen atoms in total. The molecule has 0 spiro atoms. The molecule has 1 aromatic carbocycles. The van der Waals surface area contributed by atoms with Crippen LogP contribution in [0.3, 0.4) is 0 Å². The molecule has 0 amide bonds. The molecule has 1 aromatic rings. The number of ether oxygens (including phenoxy) is 1. The van der Waals surface area contributed by atoms with Crippen LogP contribution in [0.2, 0.25) is 0 Å². The van der Waals surface area contributed by atoms with Crippen LogP contribution < -0.4 is 5.43 Å². The Balaban J connectivity index is 2.14. The van der Waals surface area contributed by atoms with Crippen molar-refractivity contribution in [1.82, 2.24) is 10.4 Å². The van der Waals surface area contributed by atoms with Crippen molar-refractivity contribution < 1.29 is 17.9 Å². The van der Waals surface area contributed by atoms with Crippen molar-refractivity contribution in [1.29, 1.82) is 0 Å². The van der Waals surface area contributed by atoms with Crippen molar-refractivity contribution >= 4 is 0 Å². The second-order valence-electron chi connectivity index (χ2n) is 5.44. The van der Waals surface area contributed by atoms with Crippen molar-refractivity contribution in [3.05, 3.63) is 47.1 Å². The highest BCUT2D eigenvalue weighted by Crippen LogP contribution is 2.27. The molecule has 0 radical (unpaired) electrons. The summed E-state index contributed by atoms with van der Waals surface area (Å²) < 4.78 is 45.4. The van der Waals surface area contributed by atoms with Gasteiger partial charge >= 0.3 is 0 Å². The molecule has 1 aliphatic rings. The second-order valence-corrected chi connectivity index (χ2v) is 5.44. The Hall–Kier alpha value is -1.69. The van der Waals surface area contributed by atoms with Gasteiger partial charge in [-0.2, -0.15) is 0 Å². The summed E-state index contributed by atoms with van der Waals surface area (Å²) in [4.78, 5) is 0. The van der Waals surface area contributed by atoms with Crippen LogP contribution in [-0.4, -0.2) is 17.7 Å². The van der Waals surface area contributed by atoms with Gasteiger partial charge in [0.15, 0.2) is 0 Å². The van der Waals surface area contributed by atoms with Crippen LogP contribution in [0.25, 0.3) is 0 Å². The first-order valence-electron chi connectivity index (χ1n) is 7.36. The zero-order chi connectivity index (χ0) is 16.3. The number of allylic oxidation sites excluding steroid dienone is 1. The van der Waals surface area contributed by atoms with Gasteiger partial charge in [0.05, 0.1) is 24.4 Å². The number of hydrazine groups is 1. The molecule has 6 heteroatoms. The lowest BCUT2D eigenvalue weighted by Crippen LogP contribution is -2.44. The maximum absolute atomic E-state index is 14.2. The molecule has 2 atom stereocenters. The highest BCUT2D eigenvalue weighted by Gasteiger charge is 2.23. The molecular weight excluding hydrogens is 293 g/mol. The summed E-state index contributed by atoms with van der Waals surface area (Å²) in [6, 6.07) is 3.65. The van der Waals surface area contributed by atoms with Crippen LogP contribution >= 0.6 is 0 Å². The van der Waals surface area contributed by atoms with Crippen LogP contribution in [-0.2, 0) is 4.74 Å². The second kappa shape index (κ2) is 7.05. The van der Waals surface area contributed by atoms with Crippen molar-refractivity contribution in [3.8, 4) is 0 Å². The van der Waals surface area contributed by atoms with Gasteiger partial charge in [-0.15, -0.1) is 0 Å². The number of hydrogen-bond acceptors (Lipinski definition) is 3. The minimum Gasteiger partial charge on any atom is -0.492 e. The van der Waals surface area contributed by atoms with E-state index in [4.69, 9.17) is 4.74 Å². The maximum Gasteiger partial charge on any atom is 0.266 e. The van der Waals surface area contributed by atoms with Gasteiger partial charge in [0.2, 0.25) is 0 Å². The molecule has 0 saturated carbocycles. The smallest absolute Gasteiger partial charge is 0.266 e. The molecule has 0 saturated heterocycles. The largest absolute Gasteiger partial charge is 0.492 e. The number of halogens is 3. The molecule has 0 fully saturated rings. The van der Waals surface area contributed by atoms with E-state index < -0.39 is 23.8 Å². The predicted molar refractivity (Wildman–Crippen MR) is 78.5 cm³/mol. The summed E-state index contributed by atoms with van der Waals surface area (Å²) in [6.45, 7) is 6.23. The molecule has 1 N–H and O–H groups in total. The average Bonchev–Trinajstić information content (AvgIpc) is 2.46. The van der Waals surface area contributed by atoms with Crippen LogP contribution in [0.4, 0.5) is 13.2 Å². The molecule has 0 aliphatic carbocycles. The first-order valence-corrected chi connectivity index (χ1v) is 7.36. The number of hydrogen-bond donors (Lipinski definition) is 1. The summed E-state index contributed by atoms with van der Waals surface area (Å²) >= 11 is 0. The highest BCUT2D eigenvalue weighted by molar-refractivity contribution is 5.29. The summed E-state index contributed by atoms with van der Waals surface area (Å²) in [6.07, 6.45) is -0.117. The normalized spacial score (nSPS) is 19.9. The Morgan fingerprint density at radius 2 is 2.05 bits per heavy atom. The van der Waals surface area contributed by atoms with Gasteiger partial charge < -0.3 is 9.75 Å². The van der Waals surface area contributed by atoms with Gasteiger partial charge in [0.1, 0.15) is 17.7 Å². The fourth-order valence-electron chi connectivity index (χ4n) is 2.51. The van der Waals surface area contributed by atoms with Gasteiger partial charge in [0, 0.05) is 5.56 Å². The fourth-order valence-corrected chi connectivity index (χ4v) is 2.51. The van der Waals surface area contributed by atoms with Gasteiger partial charge in [-0.25, -0.2) is 18.6 Å². The number of alkyl halides is 2. The Morgan fingerprint density at radius 3 is 2.68 bits per heavy atom. The lowest BCUT2D eigenvalue weighted by atomic mass is 10.0. The van der Waals surface area contributed by atoms with E-state index in [1.165, 1.54) is 12.1 Å². The summed E-state index contributed by atoms with van der Waals surface area (Å²) in [7, 11) is 0. The molecular formula is C16H21F3N2O. The predicted octanol–water partition coefficient (Wildman–Crippen LogP) is 4.30. The zero-order valence-corrected chi connectivity index (χ0v) is 12.9. The number of nitrogens with one attached hydrogen (secondary N) is 1. The number of benzene rings is 1. The van der Waals surface area contributed by atoms with E-state index in [0.29, 0.717) is 6.54 Å². The lowest BCUT2D eigenvalue weighted by molar-refractivity contribution is 0.0352. The van der Waals surface area contributed by atoms with Gasteiger partial charge in [0.25, 0.3) is 6.43 Å². The van der Waals surface area contributed by atoms with E-state index in [-0.39, 0.29) is 11.7 Å². The minimum atomic E-state index is -2.82. The summed E-state index contributed by atoms with van der Waals surface area (Å²) in [5, 5.41) is 1.83. The summed E-state index contributed by atoms with van der Waals surface area (Å²) in [5.41, 5.74) is 2.79. The van der Waals surface area contributed by atoms with E-state index in [0.717, 1.165) is 18.2 Å². The van der Waals surface area contributed by atoms with Gasteiger partial charge in [-0.05, 0) is 20.3 Å². The Labute approximate surface area is 128 Å². The number of nitrogens with zero attached hydrogens (tertiary/aromatic N) is 1. The molecule has 22 heavy (non-hydrogen) atoms. The van der Waals surface area contributed by atoms with Crippen LogP contribution in [0, 0.1) is 5.82 Å². The van der Waals surface area contributed by atoms with Crippen LogP contribution in [0.5, 0.6) is 0 Å². The third kappa shape index (κ3) is 3.74. The third-order valence-corrected chi connectivity index (χ3v) is 3.67. The zero-order valence-electron chi connectivity index (χ0n) is 12.9. The third-order valence-electron chi connectivity index (χ3n) is 3.67. The average molecular weight is 314 g/mol. The molecule has 0 bridgehead atoms. The van der Waals surface area contributed by atoms with Crippen molar-refractivity contribution in [2.75, 3.05) is 6.54 Å². The molecule has 2 rings (SSSR count). The molecule has 122 valence electrons. The van der Waals surface area contributed by atoms with E-state index in [2.05, 4.69) is 5.43 Å². The van der Waals surface area contributed by atoms with Gasteiger partial charge in [-0.3, -0.25) is 0 Å². The van der Waals surface area contributed by atoms with E-state index in [1.807, 2.05) is 18.9 Å². The Kier molecular flexibility index (Phi) is 5.34. The standard InChI is InChI=1S/C16H21F3N2O/c1-4-12-9-21(8-10(2)22-12)20-11(3)13-6-5-7-14(15(13)17)16(18)19/h5-8,11-12,16,20H,4,9H2,1-3H3/t11?,12-/m1/s1. The topological polar surface area (TPSA) is 24.5 Å². The van der Waals surface area contributed by atoms with Crippen molar-refractivity contribution in [2.45, 2.75) is 45.8 Å². The minimum absolute atomic E-state index is 0.0574. The van der Waals surface area contributed by atoms with Crippen molar-refractivity contribution in [3.63, 3.8) is 0 Å². The lowest BCUT2D eigenvalue weighted by Gasteiger charge is -2.34. The van der Waals surface area contributed by atoms with Gasteiger partial charge in [-0.1, -0.05) is 25.1 Å². The molecule has 1 heterocycles. The SMILES string of the molecule is CC[C@@H]1CN(NC(C)c2cccc(C(F)F)c2F)C=C(C)O1. The monoisotopic (exact) mass is 314 g/mol. The highest BCUT2D eigenvalue weighted by atomic mass is 19.3. The fraction of sp³-hybridized carbons (Fsp3) is 0.500. The Bertz CT molecular complexity index is 548. The first kappa shape index (κ1) is 16.7. The van der Waals surface area contributed by atoms with E-state index in [1.54, 1.807) is 13.1 Å². The quantitative estimate of drug-likeness (QED) is 0.877. The van der Waals surface area contributed by atoms with Crippen molar-refractivity contribution in [2.24, 2.45) is 0 Å². The van der Waals surface area contributed by atoms with Crippen LogP contribution in [0.1, 0.15) is 50.8 Å². The molecule has 1 aliphatic heterocycles. The Morgan fingerprint density at radius 1 is 1.36 bits per heavy atom. The first-order chi connectivity index (χ1) is 10.4. The molecule has 0 aromatic heterocycles.